The van der Waals surface area contributed by atoms with Gasteiger partial charge in [0.1, 0.15) is 12.2 Å². The second-order valence-electron chi connectivity index (χ2n) is 2.18. The van der Waals surface area contributed by atoms with Crippen LogP contribution in [0.5, 0.6) is 0 Å². The van der Waals surface area contributed by atoms with E-state index in [9.17, 15) is 4.79 Å². The number of carbonyl (C=O) groups is 1. The van der Waals surface area contributed by atoms with Crippen LogP contribution < -0.4 is 0 Å². The molecule has 0 bridgehead atoms. The Labute approximate surface area is 52.6 Å². The van der Waals surface area contributed by atoms with Crippen LogP contribution in [0, 0.1) is 0 Å². The Hall–Kier alpha value is -0.670. The van der Waals surface area contributed by atoms with Crippen molar-refractivity contribution in [2.24, 2.45) is 0 Å². The molecule has 2 unspecified atom stereocenters. The average molecular weight is 128 g/mol. The smallest absolute Gasteiger partial charge is 0.194 e. The number of ketones is 1. The summed E-state index contributed by atoms with van der Waals surface area (Å²) in [7, 11) is 0. The van der Waals surface area contributed by atoms with Gasteiger partial charge in [-0.1, -0.05) is 6.58 Å². The molecule has 0 amide bonds. The van der Waals surface area contributed by atoms with Gasteiger partial charge in [0.15, 0.2) is 5.78 Å². The van der Waals surface area contributed by atoms with Crippen LogP contribution in [-0.2, 0) is 4.79 Å². The quantitative estimate of drug-likeness (QED) is 0.421. The predicted octanol–water partition coefficient (Wildman–Crippen LogP) is -0.763. The summed E-state index contributed by atoms with van der Waals surface area (Å²) < 4.78 is 0. The van der Waals surface area contributed by atoms with Gasteiger partial charge in [-0.3, -0.25) is 4.79 Å². The topological polar surface area (TPSA) is 57.5 Å². The summed E-state index contributed by atoms with van der Waals surface area (Å²) in [6, 6.07) is 0. The highest BCUT2D eigenvalue weighted by atomic mass is 16.3. The lowest BCUT2D eigenvalue weighted by molar-refractivity contribution is -0.130. The van der Waals surface area contributed by atoms with E-state index >= 15 is 0 Å². The first-order valence-corrected chi connectivity index (χ1v) is 2.70. The molecule has 1 aliphatic rings. The Morgan fingerprint density at radius 3 is 2.22 bits per heavy atom. The SMILES string of the molecule is C=C1CC(O)C(=O)C1O. The third-order valence-electron chi connectivity index (χ3n) is 1.44. The molecule has 0 aromatic rings. The van der Waals surface area contributed by atoms with Gasteiger partial charge in [0.05, 0.1) is 0 Å². The Morgan fingerprint density at radius 1 is 1.56 bits per heavy atom. The fourth-order valence-corrected chi connectivity index (χ4v) is 0.844. The number of aliphatic hydroxyl groups excluding tert-OH is 2. The lowest BCUT2D eigenvalue weighted by atomic mass is 10.2. The number of rotatable bonds is 0. The summed E-state index contributed by atoms with van der Waals surface area (Å²) >= 11 is 0. The van der Waals surface area contributed by atoms with Crippen LogP contribution in [0.1, 0.15) is 6.42 Å². The molecule has 0 aromatic heterocycles. The van der Waals surface area contributed by atoms with E-state index < -0.39 is 18.0 Å². The molecule has 3 heteroatoms. The summed E-state index contributed by atoms with van der Waals surface area (Å²) in [4.78, 5) is 10.6. The monoisotopic (exact) mass is 128 g/mol. The maximum absolute atomic E-state index is 10.6. The number of Topliss-reactive ketones (excluding diaryl/α,β-unsaturated/α-hetero) is 1. The molecule has 0 saturated heterocycles. The molecular weight excluding hydrogens is 120 g/mol. The molecular formula is C6H8O3. The van der Waals surface area contributed by atoms with Gasteiger partial charge in [-0.25, -0.2) is 0 Å². The van der Waals surface area contributed by atoms with Crippen LogP contribution in [0.4, 0.5) is 0 Å². The van der Waals surface area contributed by atoms with E-state index in [1.165, 1.54) is 0 Å². The Balaban J connectivity index is 2.77. The average Bonchev–Trinajstić information content (AvgIpc) is 1.98. The summed E-state index contributed by atoms with van der Waals surface area (Å²) in [5.41, 5.74) is 0.410. The molecule has 1 saturated carbocycles. The minimum absolute atomic E-state index is 0.208. The molecule has 0 radical (unpaired) electrons. The highest BCUT2D eigenvalue weighted by Crippen LogP contribution is 2.19. The molecule has 0 aromatic carbocycles. The Kier molecular flexibility index (Phi) is 1.38. The lowest BCUT2D eigenvalue weighted by Gasteiger charge is -1.96. The van der Waals surface area contributed by atoms with Crippen molar-refractivity contribution in [2.45, 2.75) is 18.6 Å². The van der Waals surface area contributed by atoms with E-state index in [-0.39, 0.29) is 6.42 Å². The van der Waals surface area contributed by atoms with Crippen molar-refractivity contribution in [1.82, 2.24) is 0 Å². The summed E-state index contributed by atoms with van der Waals surface area (Å²) in [6.45, 7) is 3.41. The zero-order valence-corrected chi connectivity index (χ0v) is 4.87. The van der Waals surface area contributed by atoms with Crippen LogP contribution in [0.25, 0.3) is 0 Å². The van der Waals surface area contributed by atoms with E-state index in [1.807, 2.05) is 0 Å². The molecule has 0 aliphatic heterocycles. The van der Waals surface area contributed by atoms with Crippen LogP contribution in [0.3, 0.4) is 0 Å². The first-order valence-electron chi connectivity index (χ1n) is 2.70. The van der Waals surface area contributed by atoms with Crippen molar-refractivity contribution in [3.8, 4) is 0 Å². The number of aliphatic hydroxyl groups is 2. The number of carbonyl (C=O) groups excluding carboxylic acids is 1. The van der Waals surface area contributed by atoms with Crippen molar-refractivity contribution < 1.29 is 15.0 Å². The lowest BCUT2D eigenvalue weighted by Crippen LogP contribution is -2.21. The van der Waals surface area contributed by atoms with Gasteiger partial charge < -0.3 is 10.2 Å². The van der Waals surface area contributed by atoms with Gasteiger partial charge in [0.2, 0.25) is 0 Å². The zero-order valence-electron chi connectivity index (χ0n) is 4.87. The highest BCUT2D eigenvalue weighted by molar-refractivity contribution is 5.92. The first kappa shape index (κ1) is 6.45. The summed E-state index contributed by atoms with van der Waals surface area (Å²) in [5.74, 6) is -0.528. The molecule has 9 heavy (non-hydrogen) atoms. The number of hydrogen-bond donors (Lipinski definition) is 2. The van der Waals surface area contributed by atoms with Crippen LogP contribution in [0.15, 0.2) is 12.2 Å². The third-order valence-corrected chi connectivity index (χ3v) is 1.44. The van der Waals surface area contributed by atoms with Gasteiger partial charge >= 0.3 is 0 Å². The molecule has 1 fully saturated rings. The fraction of sp³-hybridized carbons (Fsp3) is 0.500. The molecule has 2 atom stereocenters. The van der Waals surface area contributed by atoms with E-state index in [0.717, 1.165) is 0 Å². The van der Waals surface area contributed by atoms with Gasteiger partial charge in [0.25, 0.3) is 0 Å². The minimum Gasteiger partial charge on any atom is -0.385 e. The zero-order chi connectivity index (χ0) is 7.02. The predicted molar refractivity (Wildman–Crippen MR) is 30.8 cm³/mol. The van der Waals surface area contributed by atoms with Gasteiger partial charge in [-0.15, -0.1) is 0 Å². The molecule has 2 N–H and O–H groups in total. The molecule has 1 rings (SSSR count). The van der Waals surface area contributed by atoms with Crippen molar-refractivity contribution in [1.29, 1.82) is 0 Å². The largest absolute Gasteiger partial charge is 0.385 e. The van der Waals surface area contributed by atoms with E-state index in [0.29, 0.717) is 5.57 Å². The van der Waals surface area contributed by atoms with E-state index in [4.69, 9.17) is 10.2 Å². The normalized spacial score (nSPS) is 35.8. The Bertz CT molecular complexity index is 162. The first-order chi connectivity index (χ1) is 4.13. The van der Waals surface area contributed by atoms with Crippen LogP contribution in [0.2, 0.25) is 0 Å². The van der Waals surface area contributed by atoms with Crippen LogP contribution >= 0.6 is 0 Å². The van der Waals surface area contributed by atoms with Crippen LogP contribution in [-0.4, -0.2) is 28.2 Å². The maximum atomic E-state index is 10.6. The molecule has 50 valence electrons. The van der Waals surface area contributed by atoms with Gasteiger partial charge in [-0.2, -0.15) is 0 Å². The highest BCUT2D eigenvalue weighted by Gasteiger charge is 2.33. The second-order valence-corrected chi connectivity index (χ2v) is 2.18. The molecule has 0 heterocycles. The molecule has 0 spiro atoms. The minimum atomic E-state index is -1.13. The van der Waals surface area contributed by atoms with Crippen molar-refractivity contribution in [3.05, 3.63) is 12.2 Å². The van der Waals surface area contributed by atoms with Crippen molar-refractivity contribution in [2.75, 3.05) is 0 Å². The number of hydrogen-bond acceptors (Lipinski definition) is 3. The Morgan fingerprint density at radius 2 is 2.11 bits per heavy atom. The molecule has 1 aliphatic carbocycles. The second kappa shape index (κ2) is 1.93. The summed E-state index contributed by atoms with van der Waals surface area (Å²) in [5, 5.41) is 17.6. The van der Waals surface area contributed by atoms with Gasteiger partial charge in [0, 0.05) is 6.42 Å². The molecule has 3 nitrogen and oxygen atoms in total. The van der Waals surface area contributed by atoms with E-state index in [2.05, 4.69) is 6.58 Å². The van der Waals surface area contributed by atoms with Crippen molar-refractivity contribution in [3.63, 3.8) is 0 Å². The maximum Gasteiger partial charge on any atom is 0.194 e. The summed E-state index contributed by atoms with van der Waals surface area (Å²) in [6.07, 6.45) is -1.94. The van der Waals surface area contributed by atoms with E-state index in [1.54, 1.807) is 0 Å². The standard InChI is InChI=1S/C6H8O3/c1-3-2-4(7)6(9)5(3)8/h4-5,7-8H,1-2H2. The van der Waals surface area contributed by atoms with Crippen molar-refractivity contribution >= 4 is 5.78 Å². The fourth-order valence-electron chi connectivity index (χ4n) is 0.844. The third kappa shape index (κ3) is 0.886. The van der Waals surface area contributed by atoms with Gasteiger partial charge in [-0.05, 0) is 5.57 Å².